The maximum absolute atomic E-state index is 12.7. The smallest absolute Gasteiger partial charge is 0.340 e. The molecule has 0 spiro atoms. The second-order valence-electron chi connectivity index (χ2n) is 8.79. The first-order valence-corrected chi connectivity index (χ1v) is 11.6. The van der Waals surface area contributed by atoms with Gasteiger partial charge in [-0.25, -0.2) is 9.78 Å². The molecule has 36 heavy (non-hydrogen) atoms. The number of fused-ring (bicyclic) bond motifs is 1. The molecule has 182 valence electrons. The molecule has 3 aromatic heterocycles. The van der Waals surface area contributed by atoms with Crippen LogP contribution >= 0.6 is 0 Å². The SMILES string of the molecule is COC(=O)c1cc(-c2ccc(C(=O)Nc3ccc4nccn4c3)cn2)ccc1N(CC1CC1)C(C)=O. The van der Waals surface area contributed by atoms with Crippen molar-refractivity contribution >= 4 is 34.8 Å². The predicted octanol–water partition coefficient (Wildman–Crippen LogP) is 4.20. The van der Waals surface area contributed by atoms with Crippen LogP contribution in [0.3, 0.4) is 0 Å². The summed E-state index contributed by atoms with van der Waals surface area (Å²) in [5, 5.41) is 2.86. The number of aromatic nitrogens is 3. The van der Waals surface area contributed by atoms with E-state index in [9.17, 15) is 14.4 Å². The van der Waals surface area contributed by atoms with E-state index in [1.165, 1.54) is 20.2 Å². The number of benzene rings is 1. The molecule has 1 aromatic carbocycles. The Balaban J connectivity index is 1.38. The lowest BCUT2D eigenvalue weighted by molar-refractivity contribution is -0.116. The molecule has 1 aliphatic carbocycles. The van der Waals surface area contributed by atoms with Gasteiger partial charge in [-0.05, 0) is 55.2 Å². The van der Waals surface area contributed by atoms with Crippen molar-refractivity contribution in [1.29, 1.82) is 0 Å². The van der Waals surface area contributed by atoms with Gasteiger partial charge in [0.05, 0.1) is 35.3 Å². The van der Waals surface area contributed by atoms with E-state index in [1.54, 1.807) is 53.8 Å². The van der Waals surface area contributed by atoms with Gasteiger partial charge in [0.2, 0.25) is 5.91 Å². The summed E-state index contributed by atoms with van der Waals surface area (Å²) in [6, 6.07) is 12.2. The van der Waals surface area contributed by atoms with Crippen molar-refractivity contribution in [2.24, 2.45) is 5.92 Å². The molecule has 0 atom stereocenters. The lowest BCUT2D eigenvalue weighted by Gasteiger charge is -2.23. The number of carbonyl (C=O) groups excluding carboxylic acids is 3. The molecular formula is C27H25N5O4. The van der Waals surface area contributed by atoms with E-state index in [2.05, 4.69) is 15.3 Å². The van der Waals surface area contributed by atoms with Crippen LogP contribution in [0.1, 0.15) is 40.5 Å². The van der Waals surface area contributed by atoms with Crippen molar-refractivity contribution in [3.05, 3.63) is 78.4 Å². The van der Waals surface area contributed by atoms with E-state index in [4.69, 9.17) is 4.74 Å². The fourth-order valence-electron chi connectivity index (χ4n) is 4.06. The Morgan fingerprint density at radius 3 is 2.64 bits per heavy atom. The Labute approximate surface area is 207 Å². The Hall–Kier alpha value is -4.53. The van der Waals surface area contributed by atoms with Crippen molar-refractivity contribution in [1.82, 2.24) is 14.4 Å². The quantitative estimate of drug-likeness (QED) is 0.395. The Morgan fingerprint density at radius 2 is 1.94 bits per heavy atom. The third-order valence-electron chi connectivity index (χ3n) is 6.18. The number of amides is 2. The average Bonchev–Trinajstić information content (AvgIpc) is 3.60. The molecule has 1 N–H and O–H groups in total. The van der Waals surface area contributed by atoms with Gasteiger partial charge in [-0.3, -0.25) is 14.6 Å². The van der Waals surface area contributed by atoms with Crippen molar-refractivity contribution in [2.45, 2.75) is 19.8 Å². The third-order valence-corrected chi connectivity index (χ3v) is 6.18. The highest BCUT2D eigenvalue weighted by Crippen LogP contribution is 2.34. The van der Waals surface area contributed by atoms with Gasteiger partial charge in [0.15, 0.2) is 0 Å². The summed E-state index contributed by atoms with van der Waals surface area (Å²) in [5.41, 5.74) is 3.89. The van der Waals surface area contributed by atoms with Crippen LogP contribution in [0.4, 0.5) is 11.4 Å². The minimum atomic E-state index is -0.528. The fourth-order valence-corrected chi connectivity index (χ4v) is 4.06. The standard InChI is InChI=1S/C27H25N5O4/c1-17(33)32(15-18-3-4-18)24-9-6-19(13-22(24)27(35)36-2)23-8-5-20(14-29-23)26(34)30-21-7-10-25-28-11-12-31(25)16-21/h5-14,16,18H,3-4,15H2,1-2H3,(H,30,34). The molecule has 1 fully saturated rings. The number of hydrogen-bond acceptors (Lipinski definition) is 6. The number of esters is 1. The number of nitrogens with one attached hydrogen (secondary N) is 1. The van der Waals surface area contributed by atoms with Crippen molar-refractivity contribution < 1.29 is 19.1 Å². The lowest BCUT2D eigenvalue weighted by Crippen LogP contribution is -2.32. The summed E-state index contributed by atoms with van der Waals surface area (Å²) in [5.74, 6) is -0.488. The summed E-state index contributed by atoms with van der Waals surface area (Å²) in [7, 11) is 1.31. The maximum Gasteiger partial charge on any atom is 0.340 e. The van der Waals surface area contributed by atoms with Crippen LogP contribution in [-0.2, 0) is 9.53 Å². The Bertz CT molecular complexity index is 1460. The van der Waals surface area contributed by atoms with Crippen molar-refractivity contribution in [3.8, 4) is 11.3 Å². The molecule has 5 rings (SSSR count). The summed E-state index contributed by atoms with van der Waals surface area (Å²) >= 11 is 0. The normalized spacial score (nSPS) is 12.8. The van der Waals surface area contributed by atoms with Gasteiger partial charge in [0, 0.05) is 43.8 Å². The molecule has 0 aliphatic heterocycles. The molecule has 4 aromatic rings. The average molecular weight is 484 g/mol. The fraction of sp³-hybridized carbons (Fsp3) is 0.222. The monoisotopic (exact) mass is 483 g/mol. The molecule has 0 bridgehead atoms. The van der Waals surface area contributed by atoms with Gasteiger partial charge in [-0.1, -0.05) is 6.07 Å². The molecular weight excluding hydrogens is 458 g/mol. The van der Waals surface area contributed by atoms with Crippen molar-refractivity contribution in [2.75, 3.05) is 23.9 Å². The number of anilines is 2. The summed E-state index contributed by atoms with van der Waals surface area (Å²) < 4.78 is 6.81. The largest absolute Gasteiger partial charge is 0.465 e. The van der Waals surface area contributed by atoms with E-state index in [0.29, 0.717) is 46.2 Å². The first kappa shape index (κ1) is 23.2. The number of imidazole rings is 1. The molecule has 9 nitrogen and oxygen atoms in total. The van der Waals surface area contributed by atoms with Gasteiger partial charge < -0.3 is 19.4 Å². The van der Waals surface area contributed by atoms with E-state index in [-0.39, 0.29) is 11.8 Å². The third kappa shape index (κ3) is 4.81. The van der Waals surface area contributed by atoms with Gasteiger partial charge >= 0.3 is 5.97 Å². The van der Waals surface area contributed by atoms with E-state index in [0.717, 1.165) is 18.5 Å². The zero-order chi connectivity index (χ0) is 25.2. The molecule has 3 heterocycles. The minimum absolute atomic E-state index is 0.125. The van der Waals surface area contributed by atoms with E-state index in [1.807, 2.05) is 16.5 Å². The van der Waals surface area contributed by atoms with Crippen LogP contribution in [0.15, 0.2) is 67.3 Å². The molecule has 2 amide bonds. The topological polar surface area (TPSA) is 106 Å². The summed E-state index contributed by atoms with van der Waals surface area (Å²) in [6.07, 6.45) is 8.92. The number of hydrogen-bond donors (Lipinski definition) is 1. The van der Waals surface area contributed by atoms with E-state index >= 15 is 0 Å². The Morgan fingerprint density at radius 1 is 1.11 bits per heavy atom. The number of ether oxygens (including phenoxy) is 1. The van der Waals surface area contributed by atoms with Gasteiger partial charge in [0.25, 0.3) is 5.91 Å². The molecule has 0 unspecified atom stereocenters. The molecule has 0 radical (unpaired) electrons. The highest BCUT2D eigenvalue weighted by atomic mass is 16.5. The minimum Gasteiger partial charge on any atom is -0.465 e. The van der Waals surface area contributed by atoms with Crippen LogP contribution in [0.25, 0.3) is 16.9 Å². The first-order valence-electron chi connectivity index (χ1n) is 11.6. The second-order valence-corrected chi connectivity index (χ2v) is 8.79. The number of pyridine rings is 2. The van der Waals surface area contributed by atoms with Gasteiger partial charge in [-0.15, -0.1) is 0 Å². The molecule has 0 saturated heterocycles. The van der Waals surface area contributed by atoms with Gasteiger partial charge in [-0.2, -0.15) is 0 Å². The van der Waals surface area contributed by atoms with Crippen LogP contribution < -0.4 is 10.2 Å². The van der Waals surface area contributed by atoms with Crippen LogP contribution in [0, 0.1) is 5.92 Å². The van der Waals surface area contributed by atoms with Crippen LogP contribution in [0.2, 0.25) is 0 Å². The van der Waals surface area contributed by atoms with E-state index < -0.39 is 5.97 Å². The number of methoxy groups -OCH3 is 1. The number of rotatable bonds is 7. The number of nitrogens with zero attached hydrogens (tertiary/aromatic N) is 4. The zero-order valence-electron chi connectivity index (χ0n) is 20.0. The van der Waals surface area contributed by atoms with Crippen LogP contribution in [0.5, 0.6) is 0 Å². The number of carbonyl (C=O) groups is 3. The van der Waals surface area contributed by atoms with Gasteiger partial charge in [0.1, 0.15) is 5.65 Å². The first-order chi connectivity index (χ1) is 17.4. The highest BCUT2D eigenvalue weighted by molar-refractivity contribution is 6.04. The zero-order valence-corrected chi connectivity index (χ0v) is 20.0. The summed E-state index contributed by atoms with van der Waals surface area (Å²) in [4.78, 5) is 47.9. The van der Waals surface area contributed by atoms with Crippen LogP contribution in [-0.4, -0.2) is 45.8 Å². The lowest BCUT2D eigenvalue weighted by atomic mass is 10.0. The molecule has 9 heteroatoms. The molecule has 1 aliphatic rings. The summed E-state index contributed by atoms with van der Waals surface area (Å²) in [6.45, 7) is 2.07. The predicted molar refractivity (Wildman–Crippen MR) is 135 cm³/mol. The molecule has 1 saturated carbocycles. The maximum atomic E-state index is 12.7. The van der Waals surface area contributed by atoms with Crippen molar-refractivity contribution in [3.63, 3.8) is 0 Å². The highest BCUT2D eigenvalue weighted by Gasteiger charge is 2.29. The Kier molecular flexibility index (Phi) is 6.20. The second kappa shape index (κ2) is 9.61.